The van der Waals surface area contributed by atoms with Crippen molar-refractivity contribution in [3.63, 3.8) is 0 Å². The van der Waals surface area contributed by atoms with Gasteiger partial charge in [-0.25, -0.2) is 0 Å². The van der Waals surface area contributed by atoms with Gasteiger partial charge in [0.05, 0.1) is 4.92 Å². The molecule has 0 amide bonds. The first-order valence-electron chi connectivity index (χ1n) is 5.23. The molecule has 0 aliphatic heterocycles. The quantitative estimate of drug-likeness (QED) is 0.379. The lowest BCUT2D eigenvalue weighted by molar-refractivity contribution is -0.385. The molecule has 1 aromatic carbocycles. The van der Waals surface area contributed by atoms with E-state index < -0.39 is 4.92 Å². The fraction of sp³-hybridized carbons (Fsp3) is 0. The maximum Gasteiger partial charge on any atom is 0.286 e. The van der Waals surface area contributed by atoms with Crippen LogP contribution >= 0.6 is 15.9 Å². The lowest BCUT2D eigenvalue weighted by Crippen LogP contribution is -1.96. The Morgan fingerprint density at radius 2 is 1.95 bits per heavy atom. The van der Waals surface area contributed by atoms with Crippen LogP contribution in [0.1, 0.15) is 11.1 Å². The normalized spacial score (nSPS) is 9.53. The Hall–Kier alpha value is -2.39. The Morgan fingerprint density at radius 3 is 2.58 bits per heavy atom. The third kappa shape index (κ3) is 3.09. The van der Waals surface area contributed by atoms with Crippen LogP contribution in [0.25, 0.3) is 0 Å². The van der Waals surface area contributed by atoms with Crippen molar-refractivity contribution in [1.29, 1.82) is 0 Å². The van der Waals surface area contributed by atoms with Crippen LogP contribution in [0.5, 0.6) is 0 Å². The number of nitrogens with two attached hydrogens (primary N) is 1. The second-order valence-electron chi connectivity index (χ2n) is 3.63. The number of pyridine rings is 1. The summed E-state index contributed by atoms with van der Waals surface area (Å²) in [7, 11) is 0. The first kappa shape index (κ1) is 13.1. The first-order valence-corrected chi connectivity index (χ1v) is 6.02. The van der Waals surface area contributed by atoms with Crippen LogP contribution in [-0.2, 0) is 0 Å². The monoisotopic (exact) mass is 317 g/mol. The zero-order valence-corrected chi connectivity index (χ0v) is 11.2. The van der Waals surface area contributed by atoms with Gasteiger partial charge in [-0.1, -0.05) is 11.8 Å². The molecule has 0 radical (unpaired) electrons. The van der Waals surface area contributed by atoms with Gasteiger partial charge in [-0.3, -0.25) is 15.1 Å². The van der Waals surface area contributed by atoms with E-state index in [1.54, 1.807) is 24.5 Å². The minimum atomic E-state index is -0.485. The molecule has 1 aromatic heterocycles. The summed E-state index contributed by atoms with van der Waals surface area (Å²) in [6, 6.07) is 6.28. The number of benzene rings is 1. The van der Waals surface area contributed by atoms with Gasteiger partial charge in [0, 0.05) is 34.2 Å². The topological polar surface area (TPSA) is 82.0 Å². The van der Waals surface area contributed by atoms with E-state index in [2.05, 4.69) is 32.8 Å². The first-order chi connectivity index (χ1) is 9.08. The third-order valence-corrected chi connectivity index (χ3v) is 3.02. The highest BCUT2D eigenvalue weighted by Gasteiger charge is 2.14. The Balaban J connectivity index is 2.48. The number of nitrogens with zero attached hydrogens (tertiary/aromatic N) is 2. The fourth-order valence-electron chi connectivity index (χ4n) is 1.41. The van der Waals surface area contributed by atoms with E-state index in [-0.39, 0.29) is 11.3 Å². The largest absolute Gasteiger partial charge is 0.398 e. The van der Waals surface area contributed by atoms with Crippen LogP contribution < -0.4 is 5.73 Å². The number of hydrogen-bond acceptors (Lipinski definition) is 4. The lowest BCUT2D eigenvalue weighted by atomic mass is 10.1. The number of hydrogen-bond donors (Lipinski definition) is 1. The van der Waals surface area contributed by atoms with E-state index in [1.165, 1.54) is 12.1 Å². The molecule has 0 saturated carbocycles. The molecule has 0 aliphatic carbocycles. The Labute approximate surface area is 117 Å². The molecule has 0 unspecified atom stereocenters. The molecule has 0 bridgehead atoms. The van der Waals surface area contributed by atoms with E-state index in [0.717, 1.165) is 5.56 Å². The zero-order chi connectivity index (χ0) is 13.8. The maximum absolute atomic E-state index is 11.0. The molecule has 1 heterocycles. The molecule has 0 spiro atoms. The van der Waals surface area contributed by atoms with E-state index in [1.807, 2.05) is 0 Å². The van der Waals surface area contributed by atoms with Gasteiger partial charge >= 0.3 is 0 Å². The van der Waals surface area contributed by atoms with Crippen molar-refractivity contribution < 1.29 is 4.92 Å². The van der Waals surface area contributed by atoms with Crippen molar-refractivity contribution in [2.45, 2.75) is 0 Å². The number of nitro groups is 1. The van der Waals surface area contributed by atoms with Gasteiger partial charge < -0.3 is 5.73 Å². The number of nitrogen functional groups attached to an aromatic ring is 1. The molecule has 19 heavy (non-hydrogen) atoms. The maximum atomic E-state index is 11.0. The van der Waals surface area contributed by atoms with E-state index >= 15 is 0 Å². The Kier molecular flexibility index (Phi) is 3.78. The van der Waals surface area contributed by atoms with Crippen molar-refractivity contribution in [2.24, 2.45) is 0 Å². The molecule has 2 aromatic rings. The SMILES string of the molecule is Nc1cc(C#Cc2ccncc2)c([N+](=O)[O-])cc1Br. The minimum absolute atomic E-state index is 0.0809. The number of aromatic nitrogens is 1. The number of rotatable bonds is 1. The molecular formula is C13H8BrN3O2. The zero-order valence-electron chi connectivity index (χ0n) is 9.63. The molecule has 94 valence electrons. The molecule has 2 rings (SSSR count). The number of nitro benzene ring substituents is 1. The predicted octanol–water partition coefficient (Wildman–Crippen LogP) is 2.73. The molecule has 0 aliphatic rings. The van der Waals surface area contributed by atoms with Gasteiger partial charge in [-0.15, -0.1) is 0 Å². The molecular weight excluding hydrogens is 310 g/mol. The Morgan fingerprint density at radius 1 is 1.26 bits per heavy atom. The van der Waals surface area contributed by atoms with Crippen LogP contribution in [0.15, 0.2) is 41.1 Å². The summed E-state index contributed by atoms with van der Waals surface area (Å²) >= 11 is 3.16. The van der Waals surface area contributed by atoms with Crippen LogP contribution in [-0.4, -0.2) is 9.91 Å². The number of anilines is 1. The van der Waals surface area contributed by atoms with Gasteiger partial charge in [0.25, 0.3) is 5.69 Å². The van der Waals surface area contributed by atoms with Crippen LogP contribution in [0.4, 0.5) is 11.4 Å². The van der Waals surface area contributed by atoms with E-state index in [4.69, 9.17) is 5.73 Å². The third-order valence-electron chi connectivity index (χ3n) is 2.33. The summed E-state index contributed by atoms with van der Waals surface area (Å²) in [5.74, 6) is 5.60. The molecule has 6 heteroatoms. The van der Waals surface area contributed by atoms with Crippen molar-refractivity contribution in [3.05, 3.63) is 62.4 Å². The summed E-state index contributed by atoms with van der Waals surface area (Å²) in [6.07, 6.45) is 3.21. The van der Waals surface area contributed by atoms with Gasteiger partial charge in [0.2, 0.25) is 0 Å². The average Bonchev–Trinajstić information content (AvgIpc) is 2.40. The number of halogens is 1. The van der Waals surface area contributed by atoms with Crippen molar-refractivity contribution in [1.82, 2.24) is 4.98 Å². The van der Waals surface area contributed by atoms with Crippen LogP contribution in [0.2, 0.25) is 0 Å². The molecule has 0 atom stereocenters. The molecule has 0 fully saturated rings. The summed E-state index contributed by atoms with van der Waals surface area (Å²) in [6.45, 7) is 0. The second-order valence-corrected chi connectivity index (χ2v) is 4.49. The Bertz CT molecular complexity index is 690. The summed E-state index contributed by atoms with van der Waals surface area (Å²) < 4.78 is 0.480. The average molecular weight is 318 g/mol. The highest BCUT2D eigenvalue weighted by atomic mass is 79.9. The van der Waals surface area contributed by atoms with Gasteiger partial charge in [0.1, 0.15) is 5.56 Å². The smallest absolute Gasteiger partial charge is 0.286 e. The van der Waals surface area contributed by atoms with E-state index in [0.29, 0.717) is 10.2 Å². The summed E-state index contributed by atoms with van der Waals surface area (Å²) in [5.41, 5.74) is 7.05. The van der Waals surface area contributed by atoms with Gasteiger partial charge in [0.15, 0.2) is 0 Å². The van der Waals surface area contributed by atoms with Crippen molar-refractivity contribution >= 4 is 27.3 Å². The van der Waals surface area contributed by atoms with Gasteiger partial charge in [-0.05, 0) is 34.1 Å². The summed E-state index contributed by atoms with van der Waals surface area (Å²) in [4.78, 5) is 14.3. The minimum Gasteiger partial charge on any atom is -0.398 e. The molecule has 2 N–H and O–H groups in total. The highest BCUT2D eigenvalue weighted by Crippen LogP contribution is 2.28. The predicted molar refractivity (Wildman–Crippen MR) is 75.4 cm³/mol. The second kappa shape index (κ2) is 5.50. The molecule has 5 nitrogen and oxygen atoms in total. The van der Waals surface area contributed by atoms with Crippen molar-refractivity contribution in [2.75, 3.05) is 5.73 Å². The lowest BCUT2D eigenvalue weighted by Gasteiger charge is -2.00. The van der Waals surface area contributed by atoms with Crippen LogP contribution in [0, 0.1) is 22.0 Å². The molecule has 0 saturated heterocycles. The van der Waals surface area contributed by atoms with Crippen LogP contribution in [0.3, 0.4) is 0 Å². The van der Waals surface area contributed by atoms with Gasteiger partial charge in [-0.2, -0.15) is 0 Å². The summed E-state index contributed by atoms with van der Waals surface area (Å²) in [5, 5.41) is 11.0. The van der Waals surface area contributed by atoms with Crippen molar-refractivity contribution in [3.8, 4) is 11.8 Å². The standard InChI is InChI=1S/C13H8BrN3O2/c14-11-8-13(17(18)19)10(7-12(11)15)2-1-9-3-5-16-6-4-9/h3-8H,15H2. The van der Waals surface area contributed by atoms with E-state index in [9.17, 15) is 10.1 Å². The highest BCUT2D eigenvalue weighted by molar-refractivity contribution is 9.10. The fourth-order valence-corrected chi connectivity index (χ4v) is 1.74.